The fourth-order valence-corrected chi connectivity index (χ4v) is 7.67. The average molecular weight is 595 g/mol. The molecule has 10 heteroatoms. The van der Waals surface area contributed by atoms with E-state index in [1.54, 1.807) is 36.0 Å². The van der Waals surface area contributed by atoms with Crippen molar-refractivity contribution in [3.63, 3.8) is 0 Å². The number of hydrogen-bond donors (Lipinski definition) is 2. The van der Waals surface area contributed by atoms with E-state index in [2.05, 4.69) is 24.5 Å². The molecule has 226 valence electrons. The van der Waals surface area contributed by atoms with Gasteiger partial charge in [-0.1, -0.05) is 38.1 Å². The minimum Gasteiger partial charge on any atom is -0.492 e. The molecule has 5 rings (SSSR count). The summed E-state index contributed by atoms with van der Waals surface area (Å²) in [5, 5.41) is 6.64. The summed E-state index contributed by atoms with van der Waals surface area (Å²) in [6.07, 6.45) is 8.80. The van der Waals surface area contributed by atoms with Crippen LogP contribution in [0.4, 0.5) is 0 Å². The van der Waals surface area contributed by atoms with Crippen molar-refractivity contribution in [3.8, 4) is 5.75 Å². The molecule has 2 aliphatic heterocycles. The van der Waals surface area contributed by atoms with Gasteiger partial charge in [-0.15, -0.1) is 0 Å². The number of carbonyl (C=O) groups excluding carboxylic acids is 3. The standard InChI is InChI=1S/C32H42N4O5S/c1-4-23-16-21(2)17-27(23)34-31-35-30(39)32(3,42-31)19-22-8-12-36(13-9-22)29(38)24-6-5-7-26(18-24)41-15-11-33-28(37)25-10-14-40-20-25/h5-7,10,14,18,20-23,27H,4,8-9,11-13,15-17,19H2,1-3H3,(H,33,37)(H,34,35,39)/t21?,23?,27-,32?/m0/s1. The summed E-state index contributed by atoms with van der Waals surface area (Å²) < 4.78 is 10.2. The Labute approximate surface area is 252 Å². The Bertz CT molecular complexity index is 1290. The lowest BCUT2D eigenvalue weighted by molar-refractivity contribution is -0.121. The first-order valence-corrected chi connectivity index (χ1v) is 16.0. The van der Waals surface area contributed by atoms with Crippen LogP contribution in [0, 0.1) is 17.8 Å². The molecule has 0 bridgehead atoms. The van der Waals surface area contributed by atoms with Gasteiger partial charge in [-0.3, -0.25) is 19.4 Å². The normalized spacial score (nSPS) is 27.3. The van der Waals surface area contributed by atoms with Crippen LogP contribution in [-0.2, 0) is 4.79 Å². The van der Waals surface area contributed by atoms with Crippen LogP contribution < -0.4 is 15.4 Å². The summed E-state index contributed by atoms with van der Waals surface area (Å²) in [6, 6.07) is 9.08. The summed E-state index contributed by atoms with van der Waals surface area (Å²) in [7, 11) is 0. The lowest BCUT2D eigenvalue weighted by atomic mass is 9.87. The number of nitrogens with one attached hydrogen (secondary N) is 2. The van der Waals surface area contributed by atoms with E-state index in [0.717, 1.165) is 37.3 Å². The van der Waals surface area contributed by atoms with Gasteiger partial charge in [0.1, 0.15) is 18.6 Å². The average Bonchev–Trinajstić information content (AvgIpc) is 3.71. The van der Waals surface area contributed by atoms with Gasteiger partial charge in [0.15, 0.2) is 5.17 Å². The molecule has 1 saturated carbocycles. The van der Waals surface area contributed by atoms with Gasteiger partial charge in [0.2, 0.25) is 5.91 Å². The molecular weight excluding hydrogens is 552 g/mol. The Hall–Kier alpha value is -3.27. The molecule has 3 fully saturated rings. The maximum Gasteiger partial charge on any atom is 0.254 e. The van der Waals surface area contributed by atoms with Crippen LogP contribution in [0.15, 0.2) is 52.3 Å². The maximum atomic E-state index is 13.3. The second kappa shape index (κ2) is 13.4. The summed E-state index contributed by atoms with van der Waals surface area (Å²) >= 11 is 1.60. The number of furan rings is 1. The monoisotopic (exact) mass is 594 g/mol. The number of carbonyl (C=O) groups is 3. The zero-order valence-corrected chi connectivity index (χ0v) is 25.6. The zero-order chi connectivity index (χ0) is 29.7. The van der Waals surface area contributed by atoms with Crippen molar-refractivity contribution in [2.24, 2.45) is 22.7 Å². The minimum atomic E-state index is -0.523. The molecule has 3 heterocycles. The van der Waals surface area contributed by atoms with Crippen LogP contribution in [0.1, 0.15) is 80.0 Å². The van der Waals surface area contributed by atoms with Crippen LogP contribution in [0.2, 0.25) is 0 Å². The molecule has 2 saturated heterocycles. The number of amidine groups is 1. The quantitative estimate of drug-likeness (QED) is 0.369. The lowest BCUT2D eigenvalue weighted by Gasteiger charge is -2.34. The number of thioether (sulfide) groups is 1. The van der Waals surface area contributed by atoms with E-state index in [1.807, 2.05) is 17.9 Å². The molecule has 1 aromatic carbocycles. The fourth-order valence-electron chi connectivity index (χ4n) is 6.45. The number of ether oxygens (including phenoxy) is 1. The zero-order valence-electron chi connectivity index (χ0n) is 24.8. The van der Waals surface area contributed by atoms with Gasteiger partial charge in [0.05, 0.1) is 29.2 Å². The predicted octanol–water partition coefficient (Wildman–Crippen LogP) is 5.13. The van der Waals surface area contributed by atoms with Gasteiger partial charge < -0.3 is 24.7 Å². The lowest BCUT2D eigenvalue weighted by Crippen LogP contribution is -2.41. The summed E-state index contributed by atoms with van der Waals surface area (Å²) in [5.74, 6) is 2.07. The van der Waals surface area contributed by atoms with E-state index in [9.17, 15) is 14.4 Å². The molecule has 1 aliphatic carbocycles. The molecule has 1 aromatic heterocycles. The first-order chi connectivity index (χ1) is 20.2. The number of piperidine rings is 1. The van der Waals surface area contributed by atoms with Crippen LogP contribution in [-0.4, -0.2) is 64.8 Å². The largest absolute Gasteiger partial charge is 0.492 e. The van der Waals surface area contributed by atoms with Gasteiger partial charge in [-0.25, -0.2) is 0 Å². The Kier molecular flexibility index (Phi) is 9.60. The van der Waals surface area contributed by atoms with Gasteiger partial charge in [-0.2, -0.15) is 0 Å². The van der Waals surface area contributed by atoms with Crippen LogP contribution in [0.25, 0.3) is 0 Å². The molecule has 3 amide bonds. The number of likely N-dealkylation sites (tertiary alicyclic amines) is 1. The van der Waals surface area contributed by atoms with Crippen molar-refractivity contribution in [1.29, 1.82) is 0 Å². The fraction of sp³-hybridized carbons (Fsp3) is 0.562. The molecule has 3 unspecified atom stereocenters. The predicted molar refractivity (Wildman–Crippen MR) is 164 cm³/mol. The SMILES string of the molecule is CCC1CC(C)C[C@@H]1N=C1NC(=O)C(C)(CC2CCN(C(=O)c3cccc(OCCNC(=O)c4ccoc4)c3)CC2)S1. The smallest absolute Gasteiger partial charge is 0.254 e. The van der Waals surface area contributed by atoms with Crippen LogP contribution in [0.5, 0.6) is 5.75 Å². The molecule has 3 aliphatic rings. The van der Waals surface area contributed by atoms with E-state index >= 15 is 0 Å². The highest BCUT2D eigenvalue weighted by Crippen LogP contribution is 2.42. The van der Waals surface area contributed by atoms with Crippen LogP contribution >= 0.6 is 11.8 Å². The number of amides is 3. The first-order valence-electron chi connectivity index (χ1n) is 15.1. The van der Waals surface area contributed by atoms with Crippen molar-refractivity contribution in [2.45, 2.75) is 70.1 Å². The molecule has 0 radical (unpaired) electrons. The van der Waals surface area contributed by atoms with E-state index < -0.39 is 4.75 Å². The molecule has 42 heavy (non-hydrogen) atoms. The van der Waals surface area contributed by atoms with Gasteiger partial charge >= 0.3 is 0 Å². The Morgan fingerprint density at radius 2 is 2.02 bits per heavy atom. The molecule has 9 nitrogen and oxygen atoms in total. The minimum absolute atomic E-state index is 0.0166. The van der Waals surface area contributed by atoms with Crippen molar-refractivity contribution in [3.05, 3.63) is 54.0 Å². The van der Waals surface area contributed by atoms with Gasteiger partial charge in [0, 0.05) is 18.7 Å². The van der Waals surface area contributed by atoms with Gasteiger partial charge in [-0.05, 0) is 81.0 Å². The number of hydrogen-bond acceptors (Lipinski definition) is 7. The third kappa shape index (κ3) is 7.19. The summed E-state index contributed by atoms with van der Waals surface area (Å²) in [6.45, 7) is 8.50. The summed E-state index contributed by atoms with van der Waals surface area (Å²) in [5.41, 5.74) is 1.04. The summed E-state index contributed by atoms with van der Waals surface area (Å²) in [4.78, 5) is 45.2. The van der Waals surface area contributed by atoms with E-state index in [-0.39, 0.29) is 24.3 Å². The second-order valence-corrected chi connectivity index (χ2v) is 13.6. The third-order valence-electron chi connectivity index (χ3n) is 8.82. The topological polar surface area (TPSA) is 113 Å². The highest BCUT2D eigenvalue weighted by atomic mass is 32.2. The Morgan fingerprint density at radius 3 is 2.76 bits per heavy atom. The highest BCUT2D eigenvalue weighted by molar-refractivity contribution is 8.16. The van der Waals surface area contributed by atoms with Crippen LogP contribution in [0.3, 0.4) is 0 Å². The maximum absolute atomic E-state index is 13.3. The van der Waals surface area contributed by atoms with Crippen molar-refractivity contribution in [1.82, 2.24) is 15.5 Å². The van der Waals surface area contributed by atoms with Gasteiger partial charge in [0.25, 0.3) is 11.8 Å². The molecule has 0 spiro atoms. The molecular formula is C32H42N4O5S. The number of nitrogens with zero attached hydrogens (tertiary/aromatic N) is 2. The van der Waals surface area contributed by atoms with Crippen molar-refractivity contribution < 1.29 is 23.5 Å². The van der Waals surface area contributed by atoms with Crippen molar-refractivity contribution >= 4 is 34.7 Å². The Balaban J connectivity index is 1.08. The van der Waals surface area contributed by atoms with E-state index in [1.165, 1.54) is 18.9 Å². The molecule has 2 N–H and O–H groups in total. The first kappa shape index (κ1) is 30.2. The van der Waals surface area contributed by atoms with Crippen molar-refractivity contribution in [2.75, 3.05) is 26.2 Å². The highest BCUT2D eigenvalue weighted by Gasteiger charge is 2.45. The molecule has 2 aromatic rings. The van der Waals surface area contributed by atoms with E-state index in [4.69, 9.17) is 14.1 Å². The second-order valence-electron chi connectivity index (χ2n) is 12.1. The number of rotatable bonds is 10. The molecule has 4 atom stereocenters. The Morgan fingerprint density at radius 1 is 1.21 bits per heavy atom. The number of benzene rings is 1. The number of aliphatic imine (C=N–C) groups is 1. The van der Waals surface area contributed by atoms with E-state index in [0.29, 0.717) is 60.3 Å². The third-order valence-corrected chi connectivity index (χ3v) is 10.0.